The Balaban J connectivity index is 1.45. The van der Waals surface area contributed by atoms with Crippen molar-refractivity contribution in [2.45, 2.75) is 12.3 Å². The van der Waals surface area contributed by atoms with Crippen LogP contribution in [0.4, 0.5) is 19.0 Å². The first-order valence-corrected chi connectivity index (χ1v) is 10.6. The van der Waals surface area contributed by atoms with Gasteiger partial charge in [-0.25, -0.2) is 9.97 Å². The van der Waals surface area contributed by atoms with Gasteiger partial charge in [-0.3, -0.25) is 4.98 Å². The molecular weight excluding hydrogens is 461 g/mol. The molecule has 0 bridgehead atoms. The maximum atomic E-state index is 12.9. The zero-order valence-corrected chi connectivity index (χ0v) is 17.9. The fourth-order valence-electron chi connectivity index (χ4n) is 3.00. The number of thiophene rings is 1. The summed E-state index contributed by atoms with van der Waals surface area (Å²) in [4.78, 5) is 14.2. The molecule has 0 spiro atoms. The summed E-state index contributed by atoms with van der Waals surface area (Å²) >= 11 is 7.25. The fourth-order valence-corrected chi connectivity index (χ4v) is 4.25. The average molecular weight is 477 g/mol. The molecule has 3 aromatic heterocycles. The lowest BCUT2D eigenvalue weighted by Crippen LogP contribution is -2.12. The Labute approximate surface area is 190 Å². The quantitative estimate of drug-likeness (QED) is 0.352. The molecule has 1 atom stereocenters. The first-order valence-electron chi connectivity index (χ1n) is 9.43. The molecule has 4 aromatic rings. The van der Waals surface area contributed by atoms with Crippen LogP contribution in [0, 0.1) is 0 Å². The second-order valence-corrected chi connectivity index (χ2v) is 8.32. The van der Waals surface area contributed by atoms with Crippen molar-refractivity contribution in [1.29, 1.82) is 0 Å². The summed E-state index contributed by atoms with van der Waals surface area (Å²) in [5.74, 6) is 0.423. The van der Waals surface area contributed by atoms with Crippen molar-refractivity contribution in [3.05, 3.63) is 82.6 Å². The highest BCUT2D eigenvalue weighted by atomic mass is 35.5. The molecule has 164 valence electrons. The van der Waals surface area contributed by atoms with E-state index in [2.05, 4.69) is 20.3 Å². The minimum absolute atomic E-state index is 0.187. The van der Waals surface area contributed by atoms with Crippen LogP contribution in [0.3, 0.4) is 0 Å². The topological polar surface area (TPSA) is 70.9 Å². The second-order valence-electron chi connectivity index (χ2n) is 6.79. The van der Waals surface area contributed by atoms with E-state index in [1.54, 1.807) is 12.3 Å². The third-order valence-electron chi connectivity index (χ3n) is 4.59. The number of aliphatic hydroxyl groups is 1. The first-order chi connectivity index (χ1) is 15.3. The van der Waals surface area contributed by atoms with Gasteiger partial charge < -0.3 is 10.4 Å². The Hall–Kier alpha value is -3.01. The molecular formula is C22H16ClF3N4OS. The SMILES string of the molecule is OC(CNc1cc(-c2ccc(C(F)(F)F)c(Cl)c2)ncn1)c1ccc(-c2ccccn2)s1. The Morgan fingerprint density at radius 1 is 1.00 bits per heavy atom. The highest BCUT2D eigenvalue weighted by Crippen LogP contribution is 2.36. The van der Waals surface area contributed by atoms with E-state index in [9.17, 15) is 18.3 Å². The molecule has 10 heteroatoms. The van der Waals surface area contributed by atoms with E-state index < -0.39 is 22.9 Å². The normalized spacial score (nSPS) is 12.5. The number of halogens is 4. The fraction of sp³-hybridized carbons (Fsp3) is 0.136. The summed E-state index contributed by atoms with van der Waals surface area (Å²) in [5.41, 5.74) is 0.757. The zero-order chi connectivity index (χ0) is 22.7. The van der Waals surface area contributed by atoms with Crippen LogP contribution < -0.4 is 5.32 Å². The number of hydrogen-bond donors (Lipinski definition) is 2. The number of alkyl halides is 3. The highest BCUT2D eigenvalue weighted by Gasteiger charge is 2.33. The summed E-state index contributed by atoms with van der Waals surface area (Å²) in [6.07, 6.45) is -2.30. The number of benzene rings is 1. The van der Waals surface area contributed by atoms with E-state index in [0.29, 0.717) is 17.1 Å². The number of aliphatic hydroxyl groups excluding tert-OH is 1. The molecule has 1 unspecified atom stereocenters. The van der Waals surface area contributed by atoms with Gasteiger partial charge in [-0.15, -0.1) is 11.3 Å². The van der Waals surface area contributed by atoms with Gasteiger partial charge >= 0.3 is 6.18 Å². The van der Waals surface area contributed by atoms with Crippen molar-refractivity contribution in [3.63, 3.8) is 0 Å². The van der Waals surface area contributed by atoms with E-state index >= 15 is 0 Å². The number of pyridine rings is 1. The standard InChI is InChI=1S/C22H16ClF3N4OS/c23-15-9-13(4-5-14(15)22(24,25)26)17-10-21(30-12-29-17)28-11-18(31)20-7-6-19(32-20)16-3-1-2-8-27-16/h1-10,12,18,31H,11H2,(H,28,29,30). The number of rotatable bonds is 6. The van der Waals surface area contributed by atoms with Gasteiger partial charge in [0.15, 0.2) is 0 Å². The maximum Gasteiger partial charge on any atom is 0.417 e. The van der Waals surface area contributed by atoms with Crippen LogP contribution in [0.5, 0.6) is 0 Å². The van der Waals surface area contributed by atoms with Gasteiger partial charge in [0.25, 0.3) is 0 Å². The molecule has 32 heavy (non-hydrogen) atoms. The largest absolute Gasteiger partial charge is 0.417 e. The monoisotopic (exact) mass is 476 g/mol. The van der Waals surface area contributed by atoms with Crippen LogP contribution >= 0.6 is 22.9 Å². The minimum atomic E-state index is -4.53. The summed E-state index contributed by atoms with van der Waals surface area (Å²) < 4.78 is 38.7. The minimum Gasteiger partial charge on any atom is -0.386 e. The Bertz CT molecular complexity index is 1220. The third-order valence-corrected chi connectivity index (χ3v) is 6.11. The van der Waals surface area contributed by atoms with Gasteiger partial charge in [0, 0.05) is 29.2 Å². The van der Waals surface area contributed by atoms with Crippen LogP contribution in [-0.2, 0) is 6.18 Å². The third kappa shape index (κ3) is 5.07. The molecule has 0 fully saturated rings. The molecule has 3 heterocycles. The molecule has 0 saturated carbocycles. The van der Waals surface area contributed by atoms with Crippen LogP contribution in [-0.4, -0.2) is 26.6 Å². The van der Waals surface area contributed by atoms with Crippen LogP contribution in [0.15, 0.2) is 67.1 Å². The van der Waals surface area contributed by atoms with E-state index in [1.165, 1.54) is 29.8 Å². The van der Waals surface area contributed by atoms with Crippen molar-refractivity contribution in [3.8, 4) is 21.8 Å². The molecule has 0 amide bonds. The van der Waals surface area contributed by atoms with Gasteiger partial charge in [0.05, 0.1) is 26.9 Å². The van der Waals surface area contributed by atoms with Gasteiger partial charge in [-0.2, -0.15) is 13.2 Å². The van der Waals surface area contributed by atoms with Gasteiger partial charge in [0.1, 0.15) is 18.2 Å². The summed E-state index contributed by atoms with van der Waals surface area (Å²) in [6.45, 7) is 0.187. The van der Waals surface area contributed by atoms with Crippen LogP contribution in [0.1, 0.15) is 16.5 Å². The predicted molar refractivity (Wildman–Crippen MR) is 118 cm³/mol. The summed E-state index contributed by atoms with van der Waals surface area (Å²) in [6, 6.07) is 14.4. The Kier molecular flexibility index (Phi) is 6.40. The van der Waals surface area contributed by atoms with Crippen molar-refractivity contribution < 1.29 is 18.3 Å². The van der Waals surface area contributed by atoms with Gasteiger partial charge in [0.2, 0.25) is 0 Å². The molecule has 1 aromatic carbocycles. The molecule has 0 aliphatic rings. The van der Waals surface area contributed by atoms with Crippen molar-refractivity contribution in [2.24, 2.45) is 0 Å². The number of anilines is 1. The molecule has 2 N–H and O–H groups in total. The Morgan fingerprint density at radius 2 is 1.84 bits per heavy atom. The molecule has 4 rings (SSSR count). The highest BCUT2D eigenvalue weighted by molar-refractivity contribution is 7.15. The molecule has 0 aliphatic heterocycles. The van der Waals surface area contributed by atoms with Crippen LogP contribution in [0.25, 0.3) is 21.8 Å². The maximum absolute atomic E-state index is 12.9. The molecule has 5 nitrogen and oxygen atoms in total. The zero-order valence-electron chi connectivity index (χ0n) is 16.3. The van der Waals surface area contributed by atoms with Crippen molar-refractivity contribution in [2.75, 3.05) is 11.9 Å². The van der Waals surface area contributed by atoms with E-state index in [1.807, 2.05) is 30.3 Å². The van der Waals surface area contributed by atoms with Gasteiger partial charge in [-0.1, -0.05) is 23.7 Å². The smallest absolute Gasteiger partial charge is 0.386 e. The van der Waals surface area contributed by atoms with Crippen molar-refractivity contribution in [1.82, 2.24) is 15.0 Å². The predicted octanol–water partition coefficient (Wildman–Crippen LogP) is 6.08. The number of nitrogens with zero attached hydrogens (tertiary/aromatic N) is 3. The summed E-state index contributed by atoms with van der Waals surface area (Å²) in [7, 11) is 0. The summed E-state index contributed by atoms with van der Waals surface area (Å²) in [5, 5.41) is 13.2. The number of aromatic nitrogens is 3. The lowest BCUT2D eigenvalue weighted by Gasteiger charge is -2.12. The molecule has 0 radical (unpaired) electrons. The first kappa shape index (κ1) is 22.2. The molecule has 0 saturated heterocycles. The van der Waals surface area contributed by atoms with E-state index in [0.717, 1.165) is 21.5 Å². The molecule has 0 aliphatic carbocycles. The second kappa shape index (κ2) is 9.23. The number of nitrogens with one attached hydrogen (secondary N) is 1. The van der Waals surface area contributed by atoms with Gasteiger partial charge in [-0.05, 0) is 36.4 Å². The lowest BCUT2D eigenvalue weighted by atomic mass is 10.1. The van der Waals surface area contributed by atoms with E-state index in [-0.39, 0.29) is 6.54 Å². The Morgan fingerprint density at radius 3 is 2.56 bits per heavy atom. The lowest BCUT2D eigenvalue weighted by molar-refractivity contribution is -0.137. The average Bonchev–Trinajstić information content (AvgIpc) is 3.28. The van der Waals surface area contributed by atoms with Crippen LogP contribution in [0.2, 0.25) is 5.02 Å². The van der Waals surface area contributed by atoms with Crippen molar-refractivity contribution >= 4 is 28.8 Å². The van der Waals surface area contributed by atoms with E-state index in [4.69, 9.17) is 11.6 Å². The number of hydrogen-bond acceptors (Lipinski definition) is 6.